The number of hydrogen-bond acceptors (Lipinski definition) is 3. The van der Waals surface area contributed by atoms with E-state index in [9.17, 15) is 4.79 Å². The number of carbonyl (C=O) groups is 1. The quantitative estimate of drug-likeness (QED) is 0.352. The Morgan fingerprint density at radius 2 is 2.08 bits per heavy atom. The zero-order valence-electron chi connectivity index (χ0n) is 15.9. The molecule has 0 aliphatic carbocycles. The van der Waals surface area contributed by atoms with E-state index in [1.54, 1.807) is 7.11 Å². The largest absolute Gasteiger partial charge is 0.377 e. The summed E-state index contributed by atoms with van der Waals surface area (Å²) in [5, 5.41) is 6.43. The van der Waals surface area contributed by atoms with Crippen molar-refractivity contribution < 1.29 is 9.53 Å². The fourth-order valence-corrected chi connectivity index (χ4v) is 2.54. The topological polar surface area (TPSA) is 66.0 Å². The van der Waals surface area contributed by atoms with Gasteiger partial charge in [0.2, 0.25) is 5.91 Å². The van der Waals surface area contributed by atoms with Crippen LogP contribution in [0.4, 0.5) is 0 Å². The highest BCUT2D eigenvalue weighted by Gasteiger charge is 2.20. The summed E-state index contributed by atoms with van der Waals surface area (Å²) in [6.45, 7) is 12.0. The summed E-state index contributed by atoms with van der Waals surface area (Å²) in [5.74, 6) is 1.59. The molecule has 0 aromatic rings. The van der Waals surface area contributed by atoms with Crippen LogP contribution in [0, 0.1) is 5.92 Å². The molecule has 1 aliphatic rings. The van der Waals surface area contributed by atoms with Crippen LogP contribution in [0.1, 0.15) is 47.0 Å². The zero-order chi connectivity index (χ0) is 17.3. The van der Waals surface area contributed by atoms with E-state index in [1.807, 2.05) is 25.7 Å². The van der Waals surface area contributed by atoms with Crippen LogP contribution in [-0.4, -0.2) is 62.2 Å². The van der Waals surface area contributed by atoms with Gasteiger partial charge in [-0.15, -0.1) is 24.0 Å². The summed E-state index contributed by atoms with van der Waals surface area (Å²) < 4.78 is 5.37. The van der Waals surface area contributed by atoms with E-state index < -0.39 is 0 Å². The highest BCUT2D eigenvalue weighted by Crippen LogP contribution is 2.15. The number of nitrogens with zero attached hydrogens (tertiary/aromatic N) is 2. The van der Waals surface area contributed by atoms with Gasteiger partial charge in [0.05, 0.1) is 12.1 Å². The average molecular weight is 454 g/mol. The number of ether oxygens (including phenoxy) is 1. The molecule has 1 rings (SSSR count). The lowest BCUT2D eigenvalue weighted by molar-refractivity contribution is -0.132. The molecule has 0 spiro atoms. The summed E-state index contributed by atoms with van der Waals surface area (Å²) in [5.41, 5.74) is -0.290. The van der Waals surface area contributed by atoms with Crippen LogP contribution in [0.15, 0.2) is 4.99 Å². The molecule has 0 aromatic carbocycles. The highest BCUT2D eigenvalue weighted by atomic mass is 127. The Kier molecular flexibility index (Phi) is 11.6. The maximum absolute atomic E-state index is 12.3. The van der Waals surface area contributed by atoms with Crippen molar-refractivity contribution in [2.75, 3.05) is 39.8 Å². The van der Waals surface area contributed by atoms with Gasteiger partial charge in [0.15, 0.2) is 5.96 Å². The van der Waals surface area contributed by atoms with Crippen molar-refractivity contribution in [1.82, 2.24) is 15.5 Å². The number of aliphatic imine (C=N–C) groups is 1. The molecule has 6 nitrogen and oxygen atoms in total. The minimum atomic E-state index is -0.290. The molecule has 1 atom stereocenters. The van der Waals surface area contributed by atoms with Crippen molar-refractivity contribution in [1.29, 1.82) is 0 Å². The van der Waals surface area contributed by atoms with E-state index in [-0.39, 0.29) is 35.5 Å². The molecule has 1 unspecified atom stereocenters. The maximum atomic E-state index is 12.3. The molecule has 0 radical (unpaired) electrons. The zero-order valence-corrected chi connectivity index (χ0v) is 18.2. The van der Waals surface area contributed by atoms with Crippen molar-refractivity contribution in [2.45, 2.75) is 52.6 Å². The molecule has 0 bridgehead atoms. The van der Waals surface area contributed by atoms with E-state index in [1.165, 1.54) is 6.42 Å². The summed E-state index contributed by atoms with van der Waals surface area (Å²) in [6.07, 6.45) is 2.86. The van der Waals surface area contributed by atoms with Crippen LogP contribution < -0.4 is 10.6 Å². The van der Waals surface area contributed by atoms with E-state index >= 15 is 0 Å². The lowest BCUT2D eigenvalue weighted by atomic mass is 10.00. The Morgan fingerprint density at radius 3 is 2.67 bits per heavy atom. The third kappa shape index (κ3) is 9.05. The predicted octanol–water partition coefficient (Wildman–Crippen LogP) is 2.23. The Bertz CT molecular complexity index is 402. The molecule has 2 N–H and O–H groups in total. The first-order chi connectivity index (χ1) is 10.9. The van der Waals surface area contributed by atoms with Crippen molar-refractivity contribution in [3.8, 4) is 0 Å². The first-order valence-electron chi connectivity index (χ1n) is 8.73. The van der Waals surface area contributed by atoms with Crippen LogP contribution in [-0.2, 0) is 9.53 Å². The van der Waals surface area contributed by atoms with E-state index in [2.05, 4.69) is 22.5 Å². The smallest absolute Gasteiger partial charge is 0.224 e. The Labute approximate surface area is 164 Å². The first-order valence-corrected chi connectivity index (χ1v) is 8.73. The average Bonchev–Trinajstić information content (AvgIpc) is 2.52. The Balaban J connectivity index is 0.00000529. The van der Waals surface area contributed by atoms with Crippen molar-refractivity contribution >= 4 is 35.8 Å². The van der Waals surface area contributed by atoms with Crippen molar-refractivity contribution in [3.05, 3.63) is 0 Å². The molecular formula is C17H35IN4O2. The number of rotatable bonds is 7. The Morgan fingerprint density at radius 1 is 1.38 bits per heavy atom. The van der Waals surface area contributed by atoms with Crippen LogP contribution >= 0.6 is 24.0 Å². The summed E-state index contributed by atoms with van der Waals surface area (Å²) in [7, 11) is 1.69. The van der Waals surface area contributed by atoms with Gasteiger partial charge in [-0.3, -0.25) is 9.79 Å². The summed E-state index contributed by atoms with van der Waals surface area (Å²) in [4.78, 5) is 18.8. The first kappa shape index (κ1) is 23.4. The maximum Gasteiger partial charge on any atom is 0.224 e. The monoisotopic (exact) mass is 454 g/mol. The van der Waals surface area contributed by atoms with Crippen LogP contribution in [0.3, 0.4) is 0 Å². The number of likely N-dealkylation sites (tertiary alicyclic amines) is 1. The van der Waals surface area contributed by atoms with Gasteiger partial charge in [-0.05, 0) is 39.5 Å². The minimum Gasteiger partial charge on any atom is -0.377 e. The minimum absolute atomic E-state index is 0. The molecule has 7 heteroatoms. The normalized spacial score (nSPS) is 18.8. The van der Waals surface area contributed by atoms with Crippen molar-refractivity contribution in [3.63, 3.8) is 0 Å². The van der Waals surface area contributed by atoms with Gasteiger partial charge < -0.3 is 20.3 Å². The molecule has 24 heavy (non-hydrogen) atoms. The van der Waals surface area contributed by atoms with Gasteiger partial charge in [-0.25, -0.2) is 0 Å². The number of halogens is 1. The molecule has 1 saturated heterocycles. The molecule has 1 amide bonds. The fraction of sp³-hybridized carbons (Fsp3) is 0.882. The standard InChI is InChI=1S/C17H34N4O2.HI/c1-6-18-16(20-13-17(3,4)23-5)19-10-9-15(22)21-11-7-8-14(2)12-21;/h14H,6-13H2,1-5H3,(H2,18,19,20);1H. The van der Waals surface area contributed by atoms with E-state index in [4.69, 9.17) is 4.74 Å². The summed E-state index contributed by atoms with van der Waals surface area (Å²) in [6, 6.07) is 0. The Hall–Kier alpha value is -0.570. The fourth-order valence-electron chi connectivity index (χ4n) is 2.54. The highest BCUT2D eigenvalue weighted by molar-refractivity contribution is 14.0. The van der Waals surface area contributed by atoms with Gasteiger partial charge in [-0.1, -0.05) is 6.92 Å². The van der Waals surface area contributed by atoms with E-state index in [0.717, 1.165) is 32.0 Å². The number of guanidine groups is 1. The molecule has 0 saturated carbocycles. The van der Waals surface area contributed by atoms with Gasteiger partial charge in [0.25, 0.3) is 0 Å². The molecular weight excluding hydrogens is 419 g/mol. The number of nitrogens with one attached hydrogen (secondary N) is 2. The van der Waals surface area contributed by atoms with Gasteiger partial charge in [0.1, 0.15) is 0 Å². The molecule has 1 aliphatic heterocycles. The van der Waals surface area contributed by atoms with Crippen LogP contribution in [0.25, 0.3) is 0 Å². The number of amides is 1. The SMILES string of the molecule is CCNC(=NCC(C)(C)OC)NCCC(=O)N1CCCC(C)C1.I. The van der Waals surface area contributed by atoms with Gasteiger partial charge >= 0.3 is 0 Å². The molecule has 1 fully saturated rings. The van der Waals surface area contributed by atoms with Gasteiger partial charge in [-0.2, -0.15) is 0 Å². The van der Waals surface area contributed by atoms with Crippen LogP contribution in [0.5, 0.6) is 0 Å². The van der Waals surface area contributed by atoms with E-state index in [0.29, 0.717) is 25.4 Å². The molecule has 1 heterocycles. The molecule has 142 valence electrons. The lowest BCUT2D eigenvalue weighted by Crippen LogP contribution is -2.43. The number of hydrogen-bond donors (Lipinski definition) is 2. The number of methoxy groups -OCH3 is 1. The second-order valence-electron chi connectivity index (χ2n) is 6.92. The molecule has 0 aromatic heterocycles. The number of piperidine rings is 1. The number of carbonyl (C=O) groups excluding carboxylic acids is 1. The third-order valence-corrected chi connectivity index (χ3v) is 4.16. The lowest BCUT2D eigenvalue weighted by Gasteiger charge is -2.31. The second-order valence-corrected chi connectivity index (χ2v) is 6.92. The van der Waals surface area contributed by atoms with Crippen molar-refractivity contribution in [2.24, 2.45) is 10.9 Å². The third-order valence-electron chi connectivity index (χ3n) is 4.16. The van der Waals surface area contributed by atoms with Crippen LogP contribution in [0.2, 0.25) is 0 Å². The van der Waals surface area contributed by atoms with Gasteiger partial charge in [0, 0.05) is 39.7 Å². The summed E-state index contributed by atoms with van der Waals surface area (Å²) >= 11 is 0. The predicted molar refractivity (Wildman–Crippen MR) is 110 cm³/mol. The second kappa shape index (κ2) is 11.9.